The molecule has 0 aromatic heterocycles. The minimum atomic E-state index is 0.429. The van der Waals surface area contributed by atoms with Crippen LogP contribution in [0.25, 0.3) is 0 Å². The van der Waals surface area contributed by atoms with Gasteiger partial charge in [0.25, 0.3) is 0 Å². The molecule has 0 aliphatic carbocycles. The number of thioether (sulfide) groups is 1. The molecule has 0 bridgehead atoms. The van der Waals surface area contributed by atoms with E-state index in [0.29, 0.717) is 11.2 Å². The average Bonchev–Trinajstić information content (AvgIpc) is 2.68. The molecule has 4 rings (SSSR count). The van der Waals surface area contributed by atoms with Crippen molar-refractivity contribution in [1.29, 1.82) is 0 Å². The molecule has 0 radical (unpaired) electrons. The molecule has 0 saturated carbocycles. The Morgan fingerprint density at radius 3 is 2.25 bits per heavy atom. The largest absolute Gasteiger partial charge is 0.497 e. The van der Waals surface area contributed by atoms with Crippen molar-refractivity contribution >= 4 is 11.8 Å². The van der Waals surface area contributed by atoms with Gasteiger partial charge in [-0.15, -0.1) is 11.8 Å². The van der Waals surface area contributed by atoms with E-state index < -0.39 is 0 Å². The molecule has 2 heteroatoms. The summed E-state index contributed by atoms with van der Waals surface area (Å²) in [6.45, 7) is 0. The van der Waals surface area contributed by atoms with Crippen LogP contribution in [0.1, 0.15) is 34.3 Å². The van der Waals surface area contributed by atoms with Gasteiger partial charge in [-0.1, -0.05) is 60.7 Å². The summed E-state index contributed by atoms with van der Waals surface area (Å²) >= 11 is 1.99. The van der Waals surface area contributed by atoms with E-state index >= 15 is 0 Å². The number of hydrogen-bond donors (Lipinski definition) is 0. The Kier molecular flexibility index (Phi) is 4.31. The van der Waals surface area contributed by atoms with Crippen molar-refractivity contribution in [2.45, 2.75) is 22.5 Å². The Balaban J connectivity index is 1.73. The first-order chi connectivity index (χ1) is 11.8. The summed E-state index contributed by atoms with van der Waals surface area (Å²) in [6, 6.07) is 28.2. The van der Waals surface area contributed by atoms with Gasteiger partial charge < -0.3 is 4.74 Å². The summed E-state index contributed by atoms with van der Waals surface area (Å²) in [4.78, 5) is 1.40. The fourth-order valence-electron chi connectivity index (χ4n) is 3.44. The SMILES string of the molecule is COc1ccc([C@H]2C[C@@H](c3ccccc3)Sc3ccccc32)cc1. The lowest BCUT2D eigenvalue weighted by Crippen LogP contribution is -2.12. The molecule has 0 unspecified atom stereocenters. The Morgan fingerprint density at radius 1 is 0.792 bits per heavy atom. The van der Waals surface area contributed by atoms with Gasteiger partial charge in [-0.2, -0.15) is 0 Å². The Labute approximate surface area is 147 Å². The molecule has 2 atom stereocenters. The van der Waals surface area contributed by atoms with E-state index in [1.165, 1.54) is 21.6 Å². The highest BCUT2D eigenvalue weighted by atomic mass is 32.2. The topological polar surface area (TPSA) is 9.23 Å². The zero-order chi connectivity index (χ0) is 16.4. The minimum Gasteiger partial charge on any atom is -0.497 e. The lowest BCUT2D eigenvalue weighted by molar-refractivity contribution is 0.414. The maximum atomic E-state index is 5.31. The molecule has 0 amide bonds. The molecule has 3 aromatic carbocycles. The van der Waals surface area contributed by atoms with Crippen molar-refractivity contribution in [1.82, 2.24) is 0 Å². The van der Waals surface area contributed by atoms with Gasteiger partial charge in [0.2, 0.25) is 0 Å². The standard InChI is InChI=1S/C22H20OS/c1-23-18-13-11-16(12-14-18)20-15-22(17-7-3-2-4-8-17)24-21-10-6-5-9-19(20)21/h2-14,20,22H,15H2,1H3/t20-,22+/m1/s1. The minimum absolute atomic E-state index is 0.429. The fraction of sp³-hybridized carbons (Fsp3) is 0.182. The highest BCUT2D eigenvalue weighted by molar-refractivity contribution is 7.99. The van der Waals surface area contributed by atoms with Crippen LogP contribution >= 0.6 is 11.8 Å². The van der Waals surface area contributed by atoms with Crippen molar-refractivity contribution in [3.63, 3.8) is 0 Å². The molecule has 120 valence electrons. The van der Waals surface area contributed by atoms with E-state index in [0.717, 1.165) is 12.2 Å². The maximum Gasteiger partial charge on any atom is 0.118 e. The first-order valence-corrected chi connectivity index (χ1v) is 9.17. The van der Waals surface area contributed by atoms with Gasteiger partial charge in [0.1, 0.15) is 5.75 Å². The average molecular weight is 332 g/mol. The summed E-state index contributed by atoms with van der Waals surface area (Å²) in [5.41, 5.74) is 4.22. The fourth-order valence-corrected chi connectivity index (χ4v) is 4.83. The van der Waals surface area contributed by atoms with Crippen molar-refractivity contribution in [3.05, 3.63) is 95.6 Å². The van der Waals surface area contributed by atoms with Crippen LogP contribution in [0.15, 0.2) is 83.8 Å². The van der Waals surface area contributed by atoms with E-state index in [4.69, 9.17) is 4.74 Å². The summed E-state index contributed by atoms with van der Waals surface area (Å²) < 4.78 is 5.31. The molecule has 0 fully saturated rings. The predicted molar refractivity (Wildman–Crippen MR) is 101 cm³/mol. The summed E-state index contributed by atoms with van der Waals surface area (Å²) in [5, 5.41) is 0.494. The van der Waals surface area contributed by atoms with Gasteiger partial charge in [-0.25, -0.2) is 0 Å². The lowest BCUT2D eigenvalue weighted by Gasteiger charge is -2.32. The second kappa shape index (κ2) is 6.74. The quantitative estimate of drug-likeness (QED) is 0.576. The number of methoxy groups -OCH3 is 1. The van der Waals surface area contributed by atoms with Crippen LogP contribution in [-0.4, -0.2) is 7.11 Å². The molecular formula is C22H20OS. The van der Waals surface area contributed by atoms with E-state index in [-0.39, 0.29) is 0 Å². The molecular weight excluding hydrogens is 312 g/mol. The van der Waals surface area contributed by atoms with Crippen LogP contribution in [0.4, 0.5) is 0 Å². The maximum absolute atomic E-state index is 5.31. The molecule has 1 nitrogen and oxygen atoms in total. The number of ether oxygens (including phenoxy) is 1. The monoisotopic (exact) mass is 332 g/mol. The number of rotatable bonds is 3. The van der Waals surface area contributed by atoms with E-state index in [2.05, 4.69) is 78.9 Å². The van der Waals surface area contributed by atoms with Crippen LogP contribution in [0.2, 0.25) is 0 Å². The normalized spacial score (nSPS) is 19.5. The van der Waals surface area contributed by atoms with Crippen molar-refractivity contribution in [2.75, 3.05) is 7.11 Å². The number of fused-ring (bicyclic) bond motifs is 1. The van der Waals surface area contributed by atoms with Gasteiger partial charge in [0.15, 0.2) is 0 Å². The van der Waals surface area contributed by atoms with Crippen LogP contribution in [0, 0.1) is 0 Å². The van der Waals surface area contributed by atoms with Gasteiger partial charge >= 0.3 is 0 Å². The van der Waals surface area contributed by atoms with E-state index in [1.54, 1.807) is 7.11 Å². The lowest BCUT2D eigenvalue weighted by atomic mass is 9.85. The molecule has 0 spiro atoms. The first kappa shape index (κ1) is 15.3. The third-order valence-electron chi connectivity index (χ3n) is 4.70. The Hall–Kier alpha value is -2.19. The molecule has 1 aliphatic rings. The van der Waals surface area contributed by atoms with Crippen LogP contribution in [0.5, 0.6) is 5.75 Å². The third kappa shape index (κ3) is 2.94. The summed E-state index contributed by atoms with van der Waals surface area (Å²) in [5.74, 6) is 1.34. The molecule has 1 heterocycles. The van der Waals surface area contributed by atoms with Crippen LogP contribution in [-0.2, 0) is 0 Å². The van der Waals surface area contributed by atoms with Crippen LogP contribution < -0.4 is 4.74 Å². The zero-order valence-electron chi connectivity index (χ0n) is 13.7. The molecule has 0 saturated heterocycles. The smallest absolute Gasteiger partial charge is 0.118 e. The third-order valence-corrected chi connectivity index (χ3v) is 6.08. The van der Waals surface area contributed by atoms with E-state index in [1.807, 2.05) is 11.8 Å². The highest BCUT2D eigenvalue weighted by Gasteiger charge is 2.29. The molecule has 3 aromatic rings. The van der Waals surface area contributed by atoms with Gasteiger partial charge in [0.05, 0.1) is 7.11 Å². The zero-order valence-corrected chi connectivity index (χ0v) is 14.5. The molecule has 1 aliphatic heterocycles. The van der Waals surface area contributed by atoms with Gasteiger partial charge in [-0.05, 0) is 41.3 Å². The van der Waals surface area contributed by atoms with Gasteiger partial charge in [0, 0.05) is 16.1 Å². The molecule has 24 heavy (non-hydrogen) atoms. The Bertz CT molecular complexity index is 811. The van der Waals surface area contributed by atoms with Crippen molar-refractivity contribution in [2.24, 2.45) is 0 Å². The van der Waals surface area contributed by atoms with Crippen molar-refractivity contribution < 1.29 is 4.74 Å². The summed E-state index contributed by atoms with van der Waals surface area (Å²) in [6.07, 6.45) is 1.12. The second-order valence-electron chi connectivity index (χ2n) is 6.12. The molecule has 0 N–H and O–H groups in total. The predicted octanol–water partition coefficient (Wildman–Crippen LogP) is 6.06. The number of benzene rings is 3. The van der Waals surface area contributed by atoms with Crippen LogP contribution in [0.3, 0.4) is 0 Å². The van der Waals surface area contributed by atoms with Crippen molar-refractivity contribution in [3.8, 4) is 5.75 Å². The number of hydrogen-bond acceptors (Lipinski definition) is 2. The Morgan fingerprint density at radius 2 is 1.50 bits per heavy atom. The first-order valence-electron chi connectivity index (χ1n) is 8.29. The summed E-state index contributed by atoms with van der Waals surface area (Å²) in [7, 11) is 1.72. The highest BCUT2D eigenvalue weighted by Crippen LogP contribution is 2.51. The van der Waals surface area contributed by atoms with E-state index in [9.17, 15) is 0 Å². The second-order valence-corrected chi connectivity index (χ2v) is 7.36. The van der Waals surface area contributed by atoms with Gasteiger partial charge in [-0.3, -0.25) is 0 Å².